The highest BCUT2D eigenvalue weighted by Gasteiger charge is 2.32. The van der Waals surface area contributed by atoms with Gasteiger partial charge in [0.15, 0.2) is 0 Å². The molecule has 8 heteroatoms. The highest BCUT2D eigenvalue weighted by Crippen LogP contribution is 2.38. The molecule has 1 aliphatic rings. The van der Waals surface area contributed by atoms with Crippen LogP contribution in [0.3, 0.4) is 0 Å². The fraction of sp³-hybridized carbons (Fsp3) is 0.364. The monoisotopic (exact) mass is 415 g/mol. The van der Waals surface area contributed by atoms with E-state index in [1.54, 1.807) is 37.3 Å². The van der Waals surface area contributed by atoms with Crippen molar-refractivity contribution >= 4 is 11.9 Å². The third-order valence-electron chi connectivity index (χ3n) is 5.14. The van der Waals surface area contributed by atoms with Crippen LogP contribution in [0.15, 0.2) is 42.5 Å². The van der Waals surface area contributed by atoms with Gasteiger partial charge in [0.25, 0.3) is 0 Å². The first kappa shape index (κ1) is 21.4. The molecular weight excluding hydrogens is 389 g/mol. The highest BCUT2D eigenvalue weighted by molar-refractivity contribution is 5.84. The number of hydrogen-bond donors (Lipinski definition) is 2. The van der Waals surface area contributed by atoms with Crippen LogP contribution >= 0.6 is 0 Å². The van der Waals surface area contributed by atoms with Crippen LogP contribution in [0, 0.1) is 5.82 Å². The van der Waals surface area contributed by atoms with Gasteiger partial charge >= 0.3 is 6.03 Å². The minimum Gasteiger partial charge on any atom is -0.497 e. The Kier molecular flexibility index (Phi) is 7.11. The van der Waals surface area contributed by atoms with Crippen LogP contribution in [0.4, 0.5) is 9.18 Å². The van der Waals surface area contributed by atoms with Crippen LogP contribution in [0.25, 0.3) is 0 Å². The Morgan fingerprint density at radius 2 is 1.87 bits per heavy atom. The zero-order valence-electron chi connectivity index (χ0n) is 17.1. The lowest BCUT2D eigenvalue weighted by molar-refractivity contribution is -0.131. The largest absolute Gasteiger partial charge is 0.497 e. The van der Waals surface area contributed by atoms with Gasteiger partial charge in [-0.05, 0) is 42.7 Å². The first-order chi connectivity index (χ1) is 14.5. The second-order valence-electron chi connectivity index (χ2n) is 7.02. The summed E-state index contributed by atoms with van der Waals surface area (Å²) < 4.78 is 23.7. The van der Waals surface area contributed by atoms with E-state index >= 15 is 0 Å². The highest BCUT2D eigenvalue weighted by atomic mass is 19.1. The molecule has 3 amide bonds. The lowest BCUT2D eigenvalue weighted by Gasteiger charge is -2.26. The second kappa shape index (κ2) is 9.96. The summed E-state index contributed by atoms with van der Waals surface area (Å²) in [6.45, 7) is 0.761. The van der Waals surface area contributed by atoms with E-state index in [4.69, 9.17) is 9.47 Å². The van der Waals surface area contributed by atoms with Crippen molar-refractivity contribution in [2.75, 3.05) is 27.3 Å². The maximum Gasteiger partial charge on any atom is 0.315 e. The molecule has 1 aliphatic heterocycles. The maximum absolute atomic E-state index is 12.9. The Morgan fingerprint density at radius 1 is 1.10 bits per heavy atom. The van der Waals surface area contributed by atoms with Gasteiger partial charge in [-0.2, -0.15) is 0 Å². The molecule has 0 radical (unpaired) electrons. The zero-order valence-corrected chi connectivity index (χ0v) is 17.1. The molecule has 7 nitrogen and oxygen atoms in total. The van der Waals surface area contributed by atoms with E-state index in [9.17, 15) is 14.0 Å². The van der Waals surface area contributed by atoms with E-state index < -0.39 is 6.03 Å². The summed E-state index contributed by atoms with van der Waals surface area (Å²) in [4.78, 5) is 26.5. The number of benzene rings is 2. The number of ether oxygens (including phenoxy) is 2. The summed E-state index contributed by atoms with van der Waals surface area (Å²) in [5.41, 5.74) is 1.69. The molecule has 30 heavy (non-hydrogen) atoms. The maximum atomic E-state index is 12.9. The topological polar surface area (TPSA) is 79.9 Å². The summed E-state index contributed by atoms with van der Waals surface area (Å²) in [6, 6.07) is 10.9. The normalized spacial score (nSPS) is 15.6. The fourth-order valence-electron chi connectivity index (χ4n) is 3.59. The Balaban J connectivity index is 1.55. The summed E-state index contributed by atoms with van der Waals surface area (Å²) in [7, 11) is 3.18. The lowest BCUT2D eigenvalue weighted by Crippen LogP contribution is -2.43. The lowest BCUT2D eigenvalue weighted by atomic mass is 10.0. The molecule has 0 saturated carbocycles. The average molecular weight is 415 g/mol. The molecule has 1 heterocycles. The molecule has 2 aromatic rings. The molecule has 3 rings (SSSR count). The van der Waals surface area contributed by atoms with Crippen LogP contribution < -0.4 is 20.1 Å². The van der Waals surface area contributed by atoms with Crippen molar-refractivity contribution in [2.45, 2.75) is 25.4 Å². The smallest absolute Gasteiger partial charge is 0.315 e. The third kappa shape index (κ3) is 5.20. The first-order valence-corrected chi connectivity index (χ1v) is 9.79. The number of rotatable bonds is 7. The quantitative estimate of drug-likeness (QED) is 0.729. The first-order valence-electron chi connectivity index (χ1n) is 9.79. The van der Waals surface area contributed by atoms with Crippen molar-refractivity contribution in [3.05, 3.63) is 59.4 Å². The SMILES string of the molecule is COc1ccc([C@H]2CCCN2C(=O)CNC(=O)NCc2ccc(F)cc2)c(OC)c1. The Morgan fingerprint density at radius 3 is 2.57 bits per heavy atom. The molecule has 2 aromatic carbocycles. The second-order valence-corrected chi connectivity index (χ2v) is 7.02. The van der Waals surface area contributed by atoms with Crippen molar-refractivity contribution in [3.8, 4) is 11.5 Å². The van der Waals surface area contributed by atoms with E-state index in [0.29, 0.717) is 18.0 Å². The van der Waals surface area contributed by atoms with E-state index in [-0.39, 0.29) is 30.9 Å². The molecule has 1 atom stereocenters. The number of nitrogens with one attached hydrogen (secondary N) is 2. The van der Waals surface area contributed by atoms with Gasteiger partial charge in [0.2, 0.25) is 5.91 Å². The van der Waals surface area contributed by atoms with Gasteiger partial charge in [0, 0.05) is 24.7 Å². The summed E-state index contributed by atoms with van der Waals surface area (Å²) >= 11 is 0. The minimum atomic E-state index is -0.453. The molecule has 0 unspecified atom stereocenters. The zero-order chi connectivity index (χ0) is 21.5. The fourth-order valence-corrected chi connectivity index (χ4v) is 3.59. The van der Waals surface area contributed by atoms with Gasteiger partial charge in [-0.25, -0.2) is 9.18 Å². The third-order valence-corrected chi connectivity index (χ3v) is 5.14. The number of halogens is 1. The molecule has 160 valence electrons. The van der Waals surface area contributed by atoms with Crippen LogP contribution in [0.1, 0.15) is 30.0 Å². The summed E-state index contributed by atoms with van der Waals surface area (Å²) in [6.07, 6.45) is 1.70. The molecule has 0 bridgehead atoms. The number of nitrogens with zero attached hydrogens (tertiary/aromatic N) is 1. The standard InChI is InChI=1S/C22H26FN3O4/c1-29-17-9-10-18(20(12-17)30-2)19-4-3-11-26(19)21(27)14-25-22(28)24-13-15-5-7-16(23)8-6-15/h5-10,12,19H,3-4,11,13-14H2,1-2H3,(H2,24,25,28)/t19-/m1/s1. The molecule has 0 spiro atoms. The van der Waals surface area contributed by atoms with Crippen molar-refractivity contribution in [2.24, 2.45) is 0 Å². The van der Waals surface area contributed by atoms with Crippen molar-refractivity contribution in [3.63, 3.8) is 0 Å². The summed E-state index contributed by atoms with van der Waals surface area (Å²) in [5.74, 6) is 0.866. The Hall–Kier alpha value is -3.29. The minimum absolute atomic E-state index is 0.107. The number of amides is 3. The number of urea groups is 1. The van der Waals surface area contributed by atoms with E-state index in [1.165, 1.54) is 12.1 Å². The predicted octanol–water partition coefficient (Wildman–Crippen LogP) is 3.01. The van der Waals surface area contributed by atoms with Gasteiger partial charge in [-0.15, -0.1) is 0 Å². The van der Waals surface area contributed by atoms with Crippen molar-refractivity contribution in [1.82, 2.24) is 15.5 Å². The van der Waals surface area contributed by atoms with Gasteiger partial charge in [-0.3, -0.25) is 4.79 Å². The van der Waals surface area contributed by atoms with Gasteiger partial charge < -0.3 is 25.0 Å². The molecule has 1 fully saturated rings. The Labute approximate surface area is 175 Å². The number of methoxy groups -OCH3 is 2. The predicted molar refractivity (Wildman–Crippen MR) is 110 cm³/mol. The van der Waals surface area contributed by atoms with Crippen LogP contribution in [0.2, 0.25) is 0 Å². The molecule has 0 aromatic heterocycles. The van der Waals surface area contributed by atoms with Crippen molar-refractivity contribution < 1.29 is 23.5 Å². The van der Waals surface area contributed by atoms with E-state index in [2.05, 4.69) is 10.6 Å². The van der Waals surface area contributed by atoms with Crippen LogP contribution in [-0.2, 0) is 11.3 Å². The average Bonchev–Trinajstić information content (AvgIpc) is 3.26. The van der Waals surface area contributed by atoms with Crippen LogP contribution in [0.5, 0.6) is 11.5 Å². The number of likely N-dealkylation sites (tertiary alicyclic amines) is 1. The molecule has 2 N–H and O–H groups in total. The molecule has 0 aliphatic carbocycles. The van der Waals surface area contributed by atoms with Gasteiger partial charge in [0.05, 0.1) is 26.8 Å². The number of carbonyl (C=O) groups excluding carboxylic acids is 2. The molecule has 1 saturated heterocycles. The van der Waals surface area contributed by atoms with Gasteiger partial charge in [0.1, 0.15) is 17.3 Å². The number of carbonyl (C=O) groups is 2. The number of hydrogen-bond acceptors (Lipinski definition) is 4. The van der Waals surface area contributed by atoms with Crippen LogP contribution in [-0.4, -0.2) is 44.1 Å². The molecular formula is C22H26FN3O4. The summed E-state index contributed by atoms with van der Waals surface area (Å²) in [5, 5.41) is 5.25. The van der Waals surface area contributed by atoms with Gasteiger partial charge in [-0.1, -0.05) is 12.1 Å². The Bertz CT molecular complexity index is 888. The van der Waals surface area contributed by atoms with E-state index in [1.807, 2.05) is 12.1 Å². The van der Waals surface area contributed by atoms with E-state index in [0.717, 1.165) is 24.0 Å². The van der Waals surface area contributed by atoms with Crippen molar-refractivity contribution in [1.29, 1.82) is 0 Å².